The number of hydrogen-bond donors (Lipinski definition) is 2. The van der Waals surface area contributed by atoms with Gasteiger partial charge >= 0.3 is 11.9 Å². The van der Waals surface area contributed by atoms with Crippen LogP contribution in [0, 0.1) is 0 Å². The molecule has 0 saturated carbocycles. The van der Waals surface area contributed by atoms with Crippen LogP contribution in [0.15, 0.2) is 53.8 Å². The lowest BCUT2D eigenvalue weighted by Gasteiger charge is -2.49. The Labute approximate surface area is 189 Å². The maximum absolute atomic E-state index is 12.6. The number of carboxylic acids is 1. The molecule has 0 radical (unpaired) electrons. The van der Waals surface area contributed by atoms with E-state index in [1.54, 1.807) is 45.0 Å². The Morgan fingerprint density at radius 3 is 2.56 bits per heavy atom. The molecule has 3 rings (SSSR count). The number of ether oxygens (including phenoxy) is 2. The maximum atomic E-state index is 12.6. The zero-order chi connectivity index (χ0) is 23.5. The van der Waals surface area contributed by atoms with Crippen LogP contribution < -0.4 is 10.1 Å². The predicted molar refractivity (Wildman–Crippen MR) is 117 cm³/mol. The topological polar surface area (TPSA) is 122 Å². The van der Waals surface area contributed by atoms with Gasteiger partial charge in [0.1, 0.15) is 28.5 Å². The summed E-state index contributed by atoms with van der Waals surface area (Å²) in [5, 5.41) is 11.7. The molecular formula is C22H24N2O7S. The molecule has 2 heterocycles. The molecule has 0 bridgehead atoms. The van der Waals surface area contributed by atoms with Crippen molar-refractivity contribution in [3.05, 3.63) is 53.8 Å². The molecule has 2 aliphatic rings. The fourth-order valence-electron chi connectivity index (χ4n) is 3.16. The highest BCUT2D eigenvalue weighted by molar-refractivity contribution is 8.00. The van der Waals surface area contributed by atoms with Gasteiger partial charge in [-0.2, -0.15) is 0 Å². The van der Waals surface area contributed by atoms with Crippen LogP contribution in [0.2, 0.25) is 0 Å². The number of para-hydroxylation sites is 1. The Hall–Kier alpha value is -3.27. The zero-order valence-electron chi connectivity index (χ0n) is 17.9. The van der Waals surface area contributed by atoms with Gasteiger partial charge in [-0.1, -0.05) is 18.2 Å². The summed E-state index contributed by atoms with van der Waals surface area (Å²) in [5.74, 6) is -2.14. The largest absolute Gasteiger partial charge is 0.484 e. The summed E-state index contributed by atoms with van der Waals surface area (Å²) in [6, 6.07) is 7.92. The monoisotopic (exact) mass is 460 g/mol. The molecule has 9 nitrogen and oxygen atoms in total. The number of esters is 1. The van der Waals surface area contributed by atoms with Crippen molar-refractivity contribution in [3.63, 3.8) is 0 Å². The average molecular weight is 461 g/mol. The lowest BCUT2D eigenvalue weighted by atomic mass is 10.0. The van der Waals surface area contributed by atoms with Crippen LogP contribution in [0.5, 0.6) is 5.75 Å². The number of thioether (sulfide) groups is 1. The number of benzene rings is 1. The van der Waals surface area contributed by atoms with E-state index in [1.807, 2.05) is 6.07 Å². The van der Waals surface area contributed by atoms with Crippen LogP contribution >= 0.6 is 11.8 Å². The Morgan fingerprint density at radius 2 is 1.94 bits per heavy atom. The van der Waals surface area contributed by atoms with Crippen molar-refractivity contribution in [2.24, 2.45) is 0 Å². The number of allylic oxidation sites excluding steroid dienone is 1. The summed E-state index contributed by atoms with van der Waals surface area (Å²) in [5.41, 5.74) is -0.569. The molecule has 0 spiro atoms. The van der Waals surface area contributed by atoms with E-state index >= 15 is 0 Å². The van der Waals surface area contributed by atoms with Crippen LogP contribution in [0.4, 0.5) is 0 Å². The quantitative estimate of drug-likeness (QED) is 0.358. The number of fused-ring (bicyclic) bond motifs is 1. The van der Waals surface area contributed by atoms with Gasteiger partial charge in [0.25, 0.3) is 11.8 Å². The minimum atomic E-state index is -1.29. The highest BCUT2D eigenvalue weighted by atomic mass is 32.2. The first kappa shape index (κ1) is 23.4. The summed E-state index contributed by atoms with van der Waals surface area (Å²) in [7, 11) is 0. The Bertz CT molecular complexity index is 982. The third-order valence-corrected chi connectivity index (χ3v) is 5.76. The molecule has 2 N–H and O–H groups in total. The molecule has 32 heavy (non-hydrogen) atoms. The molecule has 1 unspecified atom stereocenters. The number of β-lactam (4-membered cyclic amide) rings is 1. The molecule has 1 fully saturated rings. The van der Waals surface area contributed by atoms with Gasteiger partial charge in [-0.25, -0.2) is 9.59 Å². The molecule has 2 atom stereocenters. The second kappa shape index (κ2) is 9.47. The van der Waals surface area contributed by atoms with Gasteiger partial charge in [-0.15, -0.1) is 11.8 Å². The SMILES string of the molecule is CC(C)(C)OC(=O)C=CC1=C(C(=O)O)N2C(=O)C(NC(=O)COc3ccccc3)[C@@H]2SC1. The number of nitrogens with one attached hydrogen (secondary N) is 1. The van der Waals surface area contributed by atoms with Gasteiger partial charge < -0.3 is 19.9 Å². The molecule has 2 aliphatic heterocycles. The molecule has 1 saturated heterocycles. The van der Waals surface area contributed by atoms with Crippen molar-refractivity contribution in [1.29, 1.82) is 0 Å². The van der Waals surface area contributed by atoms with Crippen LogP contribution in [0.1, 0.15) is 20.8 Å². The van der Waals surface area contributed by atoms with Gasteiger partial charge in [0, 0.05) is 11.8 Å². The van der Waals surface area contributed by atoms with Crippen LogP contribution in [-0.4, -0.2) is 63.1 Å². The second-order valence-corrected chi connectivity index (χ2v) is 9.21. The van der Waals surface area contributed by atoms with E-state index in [4.69, 9.17) is 9.47 Å². The zero-order valence-corrected chi connectivity index (χ0v) is 18.7. The summed E-state index contributed by atoms with van der Waals surface area (Å²) in [6.07, 6.45) is 2.50. The average Bonchev–Trinajstić information content (AvgIpc) is 2.73. The van der Waals surface area contributed by atoms with Gasteiger partial charge in [0.2, 0.25) is 0 Å². The third-order valence-electron chi connectivity index (χ3n) is 4.46. The predicted octanol–water partition coefficient (Wildman–Crippen LogP) is 1.70. The lowest BCUT2D eigenvalue weighted by Crippen LogP contribution is -2.70. The van der Waals surface area contributed by atoms with Crippen LogP contribution in [0.25, 0.3) is 0 Å². The summed E-state index contributed by atoms with van der Waals surface area (Å²) in [6.45, 7) is 4.90. The Morgan fingerprint density at radius 1 is 1.25 bits per heavy atom. The molecule has 10 heteroatoms. The smallest absolute Gasteiger partial charge is 0.352 e. The first-order chi connectivity index (χ1) is 15.1. The molecule has 0 aromatic heterocycles. The van der Waals surface area contributed by atoms with Gasteiger partial charge in [-0.05, 0) is 44.6 Å². The minimum Gasteiger partial charge on any atom is -0.484 e. The molecule has 1 aromatic carbocycles. The second-order valence-electron chi connectivity index (χ2n) is 8.10. The number of aliphatic carboxylic acids is 1. The standard InChI is InChI=1S/C22H24N2O7S/c1-22(2,3)31-16(26)10-9-13-12-32-20-17(19(27)24(20)18(13)21(28)29)23-15(25)11-30-14-7-5-4-6-8-14/h4-10,17,20H,11-12H2,1-3H3,(H,23,25)(H,28,29)/t17?,20-/m0/s1. The fourth-order valence-corrected chi connectivity index (χ4v) is 4.47. The first-order valence-electron chi connectivity index (χ1n) is 9.86. The van der Waals surface area contributed by atoms with Crippen molar-refractivity contribution in [2.75, 3.05) is 12.4 Å². The highest BCUT2D eigenvalue weighted by Gasteiger charge is 2.54. The molecule has 0 aliphatic carbocycles. The highest BCUT2D eigenvalue weighted by Crippen LogP contribution is 2.40. The number of carbonyl (C=O) groups excluding carboxylic acids is 3. The van der Waals surface area contributed by atoms with E-state index in [0.717, 1.165) is 11.0 Å². The van der Waals surface area contributed by atoms with Crippen LogP contribution in [0.3, 0.4) is 0 Å². The van der Waals surface area contributed by atoms with E-state index in [1.165, 1.54) is 17.8 Å². The molecule has 1 aromatic rings. The van der Waals surface area contributed by atoms with E-state index in [-0.39, 0.29) is 18.1 Å². The number of nitrogens with zero attached hydrogens (tertiary/aromatic N) is 1. The summed E-state index contributed by atoms with van der Waals surface area (Å²) >= 11 is 1.30. The third kappa shape index (κ3) is 5.50. The van der Waals surface area contributed by atoms with Gasteiger partial charge in [-0.3, -0.25) is 14.5 Å². The normalized spacial score (nSPS) is 20.5. The summed E-state index contributed by atoms with van der Waals surface area (Å²) in [4.78, 5) is 49.7. The minimum absolute atomic E-state index is 0.204. The number of carbonyl (C=O) groups is 4. The first-order valence-corrected chi connectivity index (χ1v) is 10.9. The van der Waals surface area contributed by atoms with Crippen molar-refractivity contribution in [1.82, 2.24) is 10.2 Å². The number of rotatable bonds is 7. The number of amides is 2. The maximum Gasteiger partial charge on any atom is 0.352 e. The van der Waals surface area contributed by atoms with Crippen molar-refractivity contribution in [2.45, 2.75) is 37.8 Å². The van der Waals surface area contributed by atoms with E-state index in [9.17, 15) is 24.3 Å². The van der Waals surface area contributed by atoms with Gasteiger partial charge in [0.05, 0.1) is 0 Å². The molecule has 2 amide bonds. The number of carboxylic acid groups (broad SMARTS) is 1. The molecular weight excluding hydrogens is 436 g/mol. The van der Waals surface area contributed by atoms with E-state index < -0.39 is 40.8 Å². The fraction of sp³-hybridized carbons (Fsp3) is 0.364. The van der Waals surface area contributed by atoms with Crippen LogP contribution in [-0.2, 0) is 23.9 Å². The van der Waals surface area contributed by atoms with E-state index in [0.29, 0.717) is 11.3 Å². The van der Waals surface area contributed by atoms with Crippen molar-refractivity contribution in [3.8, 4) is 5.75 Å². The van der Waals surface area contributed by atoms with Crippen molar-refractivity contribution < 1.29 is 33.8 Å². The number of hydrogen-bond acceptors (Lipinski definition) is 7. The lowest BCUT2D eigenvalue weighted by molar-refractivity contribution is -0.150. The van der Waals surface area contributed by atoms with Gasteiger partial charge in [0.15, 0.2) is 6.61 Å². The van der Waals surface area contributed by atoms with Crippen molar-refractivity contribution >= 4 is 35.5 Å². The Balaban J connectivity index is 1.65. The van der Waals surface area contributed by atoms with E-state index in [2.05, 4.69) is 5.32 Å². The Kier molecular flexibility index (Phi) is 6.93. The molecule has 170 valence electrons. The summed E-state index contributed by atoms with van der Waals surface area (Å²) < 4.78 is 10.6.